The average molecular weight is 214 g/mol. The van der Waals surface area contributed by atoms with Crippen LogP contribution in [0.1, 0.15) is 24.8 Å². The summed E-state index contributed by atoms with van der Waals surface area (Å²) >= 11 is 0. The monoisotopic (exact) mass is 214 g/mol. The number of para-hydroxylation sites is 1. The quantitative estimate of drug-likeness (QED) is 0.722. The Labute approximate surface area is 97.4 Å². The van der Waals surface area contributed by atoms with Crippen molar-refractivity contribution in [2.45, 2.75) is 25.7 Å². The molecule has 0 N–H and O–H groups in total. The first-order chi connectivity index (χ1) is 7.90. The van der Waals surface area contributed by atoms with E-state index in [1.807, 2.05) is 12.1 Å². The van der Waals surface area contributed by atoms with Crippen molar-refractivity contribution >= 4 is 0 Å². The molecule has 1 nitrogen and oxygen atoms in total. The van der Waals surface area contributed by atoms with Crippen LogP contribution in [0.5, 0.6) is 5.75 Å². The largest absolute Gasteiger partial charge is 0.496 e. The predicted octanol–water partition coefficient (Wildman–Crippen LogP) is 3.90. The van der Waals surface area contributed by atoms with Gasteiger partial charge in [0.1, 0.15) is 5.75 Å². The van der Waals surface area contributed by atoms with E-state index in [0.29, 0.717) is 0 Å². The molecule has 0 bridgehead atoms. The maximum Gasteiger partial charge on any atom is 0.122 e. The summed E-state index contributed by atoms with van der Waals surface area (Å²) in [6.07, 6.45) is 11.3. The third-order valence-electron chi connectivity index (χ3n) is 2.95. The van der Waals surface area contributed by atoms with Gasteiger partial charge in [0.15, 0.2) is 0 Å². The summed E-state index contributed by atoms with van der Waals surface area (Å²) in [5.41, 5.74) is 2.79. The summed E-state index contributed by atoms with van der Waals surface area (Å²) in [5.74, 6) is 1.01. The number of allylic oxidation sites excluding steroid dienone is 4. The number of methoxy groups -OCH3 is 1. The van der Waals surface area contributed by atoms with Gasteiger partial charge in [0, 0.05) is 0 Å². The molecule has 1 aromatic carbocycles. The van der Waals surface area contributed by atoms with E-state index < -0.39 is 0 Å². The summed E-state index contributed by atoms with van der Waals surface area (Å²) in [4.78, 5) is 0. The molecule has 0 fully saturated rings. The fourth-order valence-electron chi connectivity index (χ4n) is 2.08. The van der Waals surface area contributed by atoms with E-state index in [0.717, 1.165) is 18.6 Å². The standard InChI is InChI=1S/C15H18O/c1-16-15-12-5-4-10-14(15)11-6-9-13-7-2-3-8-13/h2,4-5,7-8,10,12H,3,6,9,11H2,1H3. The third-order valence-corrected chi connectivity index (χ3v) is 2.95. The lowest BCUT2D eigenvalue weighted by atomic mass is 10.0. The van der Waals surface area contributed by atoms with Gasteiger partial charge in [-0.05, 0) is 37.3 Å². The first-order valence-electron chi connectivity index (χ1n) is 5.87. The van der Waals surface area contributed by atoms with Gasteiger partial charge >= 0.3 is 0 Å². The van der Waals surface area contributed by atoms with Gasteiger partial charge in [-0.25, -0.2) is 0 Å². The van der Waals surface area contributed by atoms with Crippen molar-refractivity contribution in [2.75, 3.05) is 7.11 Å². The Hall–Kier alpha value is -1.50. The van der Waals surface area contributed by atoms with Gasteiger partial charge < -0.3 is 4.74 Å². The second-order valence-corrected chi connectivity index (χ2v) is 4.08. The van der Waals surface area contributed by atoms with Crippen molar-refractivity contribution in [3.8, 4) is 5.75 Å². The highest BCUT2D eigenvalue weighted by Gasteiger charge is 2.02. The van der Waals surface area contributed by atoms with Crippen LogP contribution in [0.15, 0.2) is 48.1 Å². The van der Waals surface area contributed by atoms with Gasteiger partial charge in [-0.15, -0.1) is 0 Å². The van der Waals surface area contributed by atoms with Gasteiger partial charge in [0.05, 0.1) is 7.11 Å². The Balaban J connectivity index is 1.87. The Morgan fingerprint density at radius 2 is 2.06 bits per heavy atom. The molecule has 1 aliphatic carbocycles. The van der Waals surface area contributed by atoms with Crippen LogP contribution in [0, 0.1) is 0 Å². The molecule has 1 aliphatic rings. The SMILES string of the molecule is COc1ccccc1CCCC1=CCC=C1. The summed E-state index contributed by atoms with van der Waals surface area (Å²) in [6.45, 7) is 0. The molecule has 0 saturated carbocycles. The minimum Gasteiger partial charge on any atom is -0.496 e. The topological polar surface area (TPSA) is 9.23 Å². The average Bonchev–Trinajstić information content (AvgIpc) is 2.83. The van der Waals surface area contributed by atoms with E-state index in [1.54, 1.807) is 7.11 Å². The molecule has 1 aromatic rings. The Morgan fingerprint density at radius 3 is 2.81 bits per heavy atom. The molecular formula is C15H18O. The lowest BCUT2D eigenvalue weighted by molar-refractivity contribution is 0.409. The highest BCUT2D eigenvalue weighted by molar-refractivity contribution is 5.33. The van der Waals surface area contributed by atoms with Crippen molar-refractivity contribution in [3.63, 3.8) is 0 Å². The zero-order valence-electron chi connectivity index (χ0n) is 9.78. The van der Waals surface area contributed by atoms with Crippen molar-refractivity contribution in [1.82, 2.24) is 0 Å². The number of hydrogen-bond donors (Lipinski definition) is 0. The normalized spacial score (nSPS) is 13.9. The van der Waals surface area contributed by atoms with Gasteiger partial charge in [-0.3, -0.25) is 0 Å². The molecule has 0 spiro atoms. The summed E-state index contributed by atoms with van der Waals surface area (Å²) in [7, 11) is 1.74. The molecule has 84 valence electrons. The smallest absolute Gasteiger partial charge is 0.122 e. The van der Waals surface area contributed by atoms with Crippen LogP contribution in [-0.4, -0.2) is 7.11 Å². The van der Waals surface area contributed by atoms with E-state index in [1.165, 1.54) is 24.0 Å². The molecule has 16 heavy (non-hydrogen) atoms. The Morgan fingerprint density at radius 1 is 1.19 bits per heavy atom. The molecule has 0 aromatic heterocycles. The van der Waals surface area contributed by atoms with E-state index in [-0.39, 0.29) is 0 Å². The maximum atomic E-state index is 5.34. The molecule has 0 unspecified atom stereocenters. The van der Waals surface area contributed by atoms with Crippen LogP contribution < -0.4 is 4.74 Å². The maximum absolute atomic E-state index is 5.34. The Bertz CT molecular complexity index is 402. The second kappa shape index (κ2) is 5.55. The first-order valence-corrected chi connectivity index (χ1v) is 5.87. The van der Waals surface area contributed by atoms with E-state index >= 15 is 0 Å². The van der Waals surface area contributed by atoms with E-state index in [4.69, 9.17) is 4.74 Å². The number of rotatable bonds is 5. The molecule has 0 saturated heterocycles. The lowest BCUT2D eigenvalue weighted by Gasteiger charge is -2.07. The van der Waals surface area contributed by atoms with Crippen LogP contribution in [0.25, 0.3) is 0 Å². The molecule has 0 radical (unpaired) electrons. The molecule has 1 heteroatoms. The fraction of sp³-hybridized carbons (Fsp3) is 0.333. The van der Waals surface area contributed by atoms with Crippen LogP contribution in [0.2, 0.25) is 0 Å². The zero-order chi connectivity index (χ0) is 11.2. The van der Waals surface area contributed by atoms with Crippen molar-refractivity contribution in [2.24, 2.45) is 0 Å². The van der Waals surface area contributed by atoms with E-state index in [2.05, 4.69) is 30.4 Å². The predicted molar refractivity (Wildman–Crippen MR) is 67.8 cm³/mol. The van der Waals surface area contributed by atoms with Crippen LogP contribution in [-0.2, 0) is 6.42 Å². The van der Waals surface area contributed by atoms with Crippen LogP contribution in [0.4, 0.5) is 0 Å². The minimum absolute atomic E-state index is 1.01. The molecule has 2 rings (SSSR count). The second-order valence-electron chi connectivity index (χ2n) is 4.08. The molecule has 0 amide bonds. The Kier molecular flexibility index (Phi) is 3.81. The van der Waals surface area contributed by atoms with Gasteiger partial charge in [0.2, 0.25) is 0 Å². The molecule has 0 aliphatic heterocycles. The van der Waals surface area contributed by atoms with Gasteiger partial charge in [-0.2, -0.15) is 0 Å². The summed E-state index contributed by atoms with van der Waals surface area (Å²) < 4.78 is 5.34. The fourth-order valence-corrected chi connectivity index (χ4v) is 2.08. The number of benzene rings is 1. The number of hydrogen-bond acceptors (Lipinski definition) is 1. The molecule has 0 atom stereocenters. The van der Waals surface area contributed by atoms with Gasteiger partial charge in [0.25, 0.3) is 0 Å². The van der Waals surface area contributed by atoms with Crippen molar-refractivity contribution < 1.29 is 4.74 Å². The summed E-state index contributed by atoms with van der Waals surface area (Å²) in [6, 6.07) is 8.28. The first kappa shape index (κ1) is 11.0. The van der Waals surface area contributed by atoms with Gasteiger partial charge in [-0.1, -0.05) is 42.0 Å². The number of aryl methyl sites for hydroxylation is 1. The van der Waals surface area contributed by atoms with Crippen LogP contribution in [0.3, 0.4) is 0 Å². The minimum atomic E-state index is 1.01. The number of ether oxygens (including phenoxy) is 1. The lowest BCUT2D eigenvalue weighted by Crippen LogP contribution is -1.92. The highest BCUT2D eigenvalue weighted by Crippen LogP contribution is 2.21. The van der Waals surface area contributed by atoms with Crippen molar-refractivity contribution in [1.29, 1.82) is 0 Å². The molecular weight excluding hydrogens is 196 g/mol. The summed E-state index contributed by atoms with van der Waals surface area (Å²) in [5, 5.41) is 0. The highest BCUT2D eigenvalue weighted by atomic mass is 16.5. The molecule has 0 heterocycles. The van der Waals surface area contributed by atoms with E-state index in [9.17, 15) is 0 Å². The van der Waals surface area contributed by atoms with Crippen molar-refractivity contribution in [3.05, 3.63) is 53.6 Å². The van der Waals surface area contributed by atoms with Crippen LogP contribution >= 0.6 is 0 Å². The third kappa shape index (κ3) is 2.75. The zero-order valence-corrected chi connectivity index (χ0v) is 9.78.